The molecule has 0 amide bonds. The molecule has 0 spiro atoms. The van der Waals surface area contributed by atoms with E-state index in [0.29, 0.717) is 11.4 Å². The van der Waals surface area contributed by atoms with Crippen molar-refractivity contribution in [1.29, 1.82) is 0 Å². The van der Waals surface area contributed by atoms with Crippen LogP contribution < -0.4 is 10.0 Å². The molecule has 0 radical (unpaired) electrons. The number of benzene rings is 1. The highest BCUT2D eigenvalue weighted by molar-refractivity contribution is 7.89. The van der Waals surface area contributed by atoms with Crippen LogP contribution in [0.15, 0.2) is 46.1 Å². The van der Waals surface area contributed by atoms with E-state index in [-0.39, 0.29) is 6.54 Å². The lowest BCUT2D eigenvalue weighted by atomic mass is 10.1. The molecule has 0 atom stereocenters. The Labute approximate surface area is 119 Å². The molecule has 108 valence electrons. The fourth-order valence-electron chi connectivity index (χ4n) is 1.90. The van der Waals surface area contributed by atoms with Crippen LogP contribution in [-0.4, -0.2) is 15.5 Å². The number of nitrogens with one attached hydrogen (secondary N) is 2. The van der Waals surface area contributed by atoms with Gasteiger partial charge >= 0.3 is 0 Å². The lowest BCUT2D eigenvalue weighted by Gasteiger charge is -2.10. The molecular formula is C14H18N2O3S. The Morgan fingerprint density at radius 1 is 1.15 bits per heavy atom. The molecule has 5 nitrogen and oxygen atoms in total. The van der Waals surface area contributed by atoms with Gasteiger partial charge in [0.25, 0.3) is 0 Å². The van der Waals surface area contributed by atoms with Crippen molar-refractivity contribution in [3.05, 3.63) is 53.5 Å². The summed E-state index contributed by atoms with van der Waals surface area (Å²) in [5, 5.41) is 3.01. The Hall–Kier alpha value is -1.63. The molecule has 2 rings (SSSR count). The molecular weight excluding hydrogens is 276 g/mol. The van der Waals surface area contributed by atoms with Crippen LogP contribution in [0.2, 0.25) is 0 Å². The number of hydrogen-bond acceptors (Lipinski definition) is 4. The van der Waals surface area contributed by atoms with Crippen molar-refractivity contribution in [2.75, 3.05) is 7.05 Å². The molecule has 1 heterocycles. The minimum absolute atomic E-state index is 0.217. The molecule has 0 bridgehead atoms. The molecule has 0 aliphatic heterocycles. The maximum absolute atomic E-state index is 12.3. The second kappa shape index (κ2) is 6.21. The summed E-state index contributed by atoms with van der Waals surface area (Å²) in [6, 6.07) is 7.16. The lowest BCUT2D eigenvalue weighted by Crippen LogP contribution is -2.24. The van der Waals surface area contributed by atoms with Crippen molar-refractivity contribution >= 4 is 10.0 Å². The van der Waals surface area contributed by atoms with E-state index in [1.807, 2.05) is 19.2 Å². The van der Waals surface area contributed by atoms with Gasteiger partial charge in [0.1, 0.15) is 0 Å². The third kappa shape index (κ3) is 3.47. The summed E-state index contributed by atoms with van der Waals surface area (Å²) in [4.78, 5) is 0.314. The van der Waals surface area contributed by atoms with Crippen molar-refractivity contribution in [2.45, 2.75) is 24.9 Å². The summed E-state index contributed by atoms with van der Waals surface area (Å²) >= 11 is 0. The Bertz CT molecular complexity index is 664. The lowest BCUT2D eigenvalue weighted by molar-refractivity contribution is 0.561. The second-order valence-electron chi connectivity index (χ2n) is 4.59. The van der Waals surface area contributed by atoms with Crippen LogP contribution in [0.5, 0.6) is 0 Å². The molecule has 0 unspecified atom stereocenters. The van der Waals surface area contributed by atoms with Gasteiger partial charge in [0.15, 0.2) is 0 Å². The molecule has 0 aliphatic rings. The van der Waals surface area contributed by atoms with Crippen molar-refractivity contribution in [2.24, 2.45) is 0 Å². The van der Waals surface area contributed by atoms with Gasteiger partial charge in [0.2, 0.25) is 10.0 Å². The smallest absolute Gasteiger partial charge is 0.241 e. The first-order chi connectivity index (χ1) is 9.53. The van der Waals surface area contributed by atoms with Crippen LogP contribution in [0, 0.1) is 6.92 Å². The first-order valence-corrected chi connectivity index (χ1v) is 7.76. The largest absolute Gasteiger partial charge is 0.472 e. The monoisotopic (exact) mass is 294 g/mol. The van der Waals surface area contributed by atoms with E-state index < -0.39 is 10.0 Å². The van der Waals surface area contributed by atoms with E-state index in [1.54, 1.807) is 19.1 Å². The van der Waals surface area contributed by atoms with Gasteiger partial charge in [-0.1, -0.05) is 12.1 Å². The van der Waals surface area contributed by atoms with Gasteiger partial charge in [-0.05, 0) is 37.2 Å². The van der Waals surface area contributed by atoms with Gasteiger partial charge in [0, 0.05) is 18.7 Å². The molecule has 0 saturated carbocycles. The number of furan rings is 1. The molecule has 1 aromatic carbocycles. The molecule has 0 aliphatic carbocycles. The van der Waals surface area contributed by atoms with Gasteiger partial charge in [0.05, 0.1) is 17.4 Å². The summed E-state index contributed by atoms with van der Waals surface area (Å²) in [7, 11) is -1.70. The predicted octanol–water partition coefficient (Wildman–Crippen LogP) is 1.79. The standard InChI is InChI=1S/C14H18N2O3S/c1-11-3-4-12(8-15-2)7-14(11)20(17,18)16-9-13-5-6-19-10-13/h3-7,10,15-16H,8-9H2,1-2H3. The van der Waals surface area contributed by atoms with Gasteiger partial charge in [-0.2, -0.15) is 0 Å². The molecule has 1 aromatic heterocycles. The van der Waals surface area contributed by atoms with Gasteiger partial charge in [-0.25, -0.2) is 13.1 Å². The zero-order valence-electron chi connectivity index (χ0n) is 11.5. The van der Waals surface area contributed by atoms with Crippen molar-refractivity contribution in [1.82, 2.24) is 10.0 Å². The summed E-state index contributed by atoms with van der Waals surface area (Å²) in [6.07, 6.45) is 3.04. The van der Waals surface area contributed by atoms with Crippen LogP contribution >= 0.6 is 0 Å². The topological polar surface area (TPSA) is 71.3 Å². The minimum Gasteiger partial charge on any atom is -0.472 e. The van der Waals surface area contributed by atoms with Crippen molar-refractivity contribution in [3.8, 4) is 0 Å². The zero-order valence-corrected chi connectivity index (χ0v) is 12.3. The van der Waals surface area contributed by atoms with Crippen LogP contribution in [0.4, 0.5) is 0 Å². The summed E-state index contributed by atoms with van der Waals surface area (Å²) < 4.78 is 32.2. The molecule has 2 N–H and O–H groups in total. The Morgan fingerprint density at radius 3 is 2.60 bits per heavy atom. The predicted molar refractivity (Wildman–Crippen MR) is 76.7 cm³/mol. The summed E-state index contributed by atoms with van der Waals surface area (Å²) in [5.74, 6) is 0. The highest BCUT2D eigenvalue weighted by Gasteiger charge is 2.17. The highest BCUT2D eigenvalue weighted by atomic mass is 32.2. The van der Waals surface area contributed by atoms with Gasteiger partial charge in [-0.15, -0.1) is 0 Å². The maximum Gasteiger partial charge on any atom is 0.241 e. The molecule has 2 aromatic rings. The van der Waals surface area contributed by atoms with Crippen molar-refractivity contribution < 1.29 is 12.8 Å². The Morgan fingerprint density at radius 2 is 1.95 bits per heavy atom. The van der Waals surface area contributed by atoms with Crippen LogP contribution in [0.3, 0.4) is 0 Å². The van der Waals surface area contributed by atoms with E-state index in [0.717, 1.165) is 16.7 Å². The van der Waals surface area contributed by atoms with E-state index in [2.05, 4.69) is 10.0 Å². The van der Waals surface area contributed by atoms with E-state index in [4.69, 9.17) is 4.42 Å². The summed E-state index contributed by atoms with van der Waals surface area (Å²) in [6.45, 7) is 2.63. The van der Waals surface area contributed by atoms with Crippen LogP contribution in [-0.2, 0) is 23.1 Å². The fraction of sp³-hybridized carbons (Fsp3) is 0.286. The fourth-order valence-corrected chi connectivity index (χ4v) is 3.21. The second-order valence-corrected chi connectivity index (χ2v) is 6.32. The van der Waals surface area contributed by atoms with Crippen LogP contribution in [0.1, 0.15) is 16.7 Å². The Kier molecular flexibility index (Phi) is 4.59. The average Bonchev–Trinajstić information content (AvgIpc) is 2.92. The normalized spacial score (nSPS) is 11.7. The molecule has 20 heavy (non-hydrogen) atoms. The van der Waals surface area contributed by atoms with Gasteiger partial charge < -0.3 is 9.73 Å². The highest BCUT2D eigenvalue weighted by Crippen LogP contribution is 2.17. The minimum atomic E-state index is -3.53. The molecule has 0 saturated heterocycles. The number of sulfonamides is 1. The van der Waals surface area contributed by atoms with E-state index in [9.17, 15) is 8.42 Å². The van der Waals surface area contributed by atoms with Gasteiger partial charge in [-0.3, -0.25) is 0 Å². The average molecular weight is 294 g/mol. The third-order valence-corrected chi connectivity index (χ3v) is 4.51. The SMILES string of the molecule is CNCc1ccc(C)c(S(=O)(=O)NCc2ccoc2)c1. The molecule has 6 heteroatoms. The van der Waals surface area contributed by atoms with E-state index in [1.165, 1.54) is 12.5 Å². The van der Waals surface area contributed by atoms with E-state index >= 15 is 0 Å². The van der Waals surface area contributed by atoms with Crippen molar-refractivity contribution in [3.63, 3.8) is 0 Å². The number of hydrogen-bond donors (Lipinski definition) is 2. The zero-order chi connectivity index (χ0) is 14.6. The first kappa shape index (κ1) is 14.8. The third-order valence-electron chi connectivity index (χ3n) is 2.97. The van der Waals surface area contributed by atoms with Crippen LogP contribution in [0.25, 0.3) is 0 Å². The maximum atomic E-state index is 12.3. The molecule has 0 fully saturated rings. The first-order valence-electron chi connectivity index (χ1n) is 6.28. The number of aryl methyl sites for hydroxylation is 1. The summed E-state index contributed by atoms with van der Waals surface area (Å²) in [5.41, 5.74) is 2.45. The quantitative estimate of drug-likeness (QED) is 0.852. The Balaban J connectivity index is 2.21. The number of rotatable bonds is 6.